The Labute approximate surface area is 145 Å². The fourth-order valence-electron chi connectivity index (χ4n) is 2.52. The average Bonchev–Trinajstić information content (AvgIpc) is 2.66. The van der Waals surface area contributed by atoms with Crippen LogP contribution in [0, 0.1) is 0 Å². The van der Waals surface area contributed by atoms with Crippen LogP contribution < -0.4 is 0 Å². The Hall–Kier alpha value is -3.01. The fourth-order valence-corrected chi connectivity index (χ4v) is 2.52. The van der Waals surface area contributed by atoms with E-state index in [-0.39, 0.29) is 17.7 Å². The summed E-state index contributed by atoms with van der Waals surface area (Å²) < 4.78 is 25.8. The van der Waals surface area contributed by atoms with Gasteiger partial charge in [-0.1, -0.05) is 84.0 Å². The number of nitrogens with zero attached hydrogens (tertiary/aromatic N) is 1. The van der Waals surface area contributed by atoms with Gasteiger partial charge in [-0.2, -0.15) is 0 Å². The van der Waals surface area contributed by atoms with Gasteiger partial charge in [-0.15, -0.1) is 0 Å². The molecule has 0 aliphatic rings. The van der Waals surface area contributed by atoms with Crippen molar-refractivity contribution < 1.29 is 13.6 Å². The molecule has 0 saturated heterocycles. The van der Waals surface area contributed by atoms with Gasteiger partial charge in [0.1, 0.15) is 12.8 Å². The summed E-state index contributed by atoms with van der Waals surface area (Å²) in [6.07, 6.45) is -0.0247. The van der Waals surface area contributed by atoms with Crippen LogP contribution in [0.5, 0.6) is 0 Å². The van der Waals surface area contributed by atoms with Crippen molar-refractivity contribution in [3.8, 4) is 11.1 Å². The van der Waals surface area contributed by atoms with Crippen molar-refractivity contribution in [2.75, 3.05) is 0 Å². The second-order valence-corrected chi connectivity index (χ2v) is 5.39. The highest BCUT2D eigenvalue weighted by Crippen LogP contribution is 2.24. The lowest BCUT2D eigenvalue weighted by atomic mass is 10.0. The summed E-state index contributed by atoms with van der Waals surface area (Å²) in [6, 6.07) is 23.9. The van der Waals surface area contributed by atoms with Crippen molar-refractivity contribution in [1.82, 2.24) is 0 Å². The monoisotopic (exact) mass is 336 g/mol. The lowest BCUT2D eigenvalue weighted by Gasteiger charge is -2.08. The van der Waals surface area contributed by atoms with Crippen molar-refractivity contribution in [2.24, 2.45) is 5.16 Å². The Kier molecular flexibility index (Phi) is 5.52. The molecule has 2 nitrogen and oxygen atoms in total. The maximum atomic E-state index is 12.9. The second-order valence-electron chi connectivity index (χ2n) is 5.39. The summed E-state index contributed by atoms with van der Waals surface area (Å²) in [7, 11) is 0. The first-order valence-electron chi connectivity index (χ1n) is 7.84. The molecule has 0 amide bonds. The second kappa shape index (κ2) is 8.20. The van der Waals surface area contributed by atoms with E-state index < -0.39 is 6.43 Å². The standard InChI is InChI=1S/C21H16F2NO/c22-21(23)20-13-7-4-10-17(20)14-24-25-15-18-11-5-6-12-19(18)16-8-2-1-3-9-16/h1-13,21H,15H2. The van der Waals surface area contributed by atoms with Crippen LogP contribution in [-0.2, 0) is 11.4 Å². The Balaban J connectivity index is 1.71. The Morgan fingerprint density at radius 2 is 1.52 bits per heavy atom. The van der Waals surface area contributed by atoms with Gasteiger partial charge in [-0.3, -0.25) is 0 Å². The fraction of sp³-hybridized carbons (Fsp3) is 0.0952. The molecule has 0 atom stereocenters. The van der Waals surface area contributed by atoms with Crippen molar-refractivity contribution in [1.29, 1.82) is 0 Å². The first-order valence-corrected chi connectivity index (χ1v) is 7.84. The van der Waals surface area contributed by atoms with E-state index in [2.05, 4.69) is 11.4 Å². The molecule has 0 unspecified atom stereocenters. The molecule has 1 radical (unpaired) electrons. The zero-order valence-corrected chi connectivity index (χ0v) is 13.4. The number of hydrogen-bond donors (Lipinski definition) is 0. The van der Waals surface area contributed by atoms with Gasteiger partial charge >= 0.3 is 0 Å². The zero-order chi connectivity index (χ0) is 17.5. The summed E-state index contributed by atoms with van der Waals surface area (Å²) in [6.45, 7) is 0.231. The minimum Gasteiger partial charge on any atom is -0.390 e. The lowest BCUT2D eigenvalue weighted by molar-refractivity contribution is 0.132. The van der Waals surface area contributed by atoms with Gasteiger partial charge in [-0.05, 0) is 16.7 Å². The van der Waals surface area contributed by atoms with E-state index in [0.29, 0.717) is 0 Å². The molecule has 3 rings (SSSR count). The Bertz CT molecular complexity index is 847. The van der Waals surface area contributed by atoms with Crippen LogP contribution >= 0.6 is 0 Å². The van der Waals surface area contributed by atoms with E-state index in [1.807, 2.05) is 54.6 Å². The number of alkyl halides is 2. The molecule has 125 valence electrons. The van der Waals surface area contributed by atoms with Gasteiger partial charge in [0.05, 0.1) is 0 Å². The molecule has 0 N–H and O–H groups in total. The molecule has 3 aromatic rings. The first kappa shape index (κ1) is 16.8. The third-order valence-electron chi connectivity index (χ3n) is 3.75. The zero-order valence-electron chi connectivity index (χ0n) is 13.4. The Morgan fingerprint density at radius 1 is 0.840 bits per heavy atom. The molecule has 25 heavy (non-hydrogen) atoms. The molecule has 0 fully saturated rings. The highest BCUT2D eigenvalue weighted by atomic mass is 19.3. The molecule has 0 heterocycles. The highest BCUT2D eigenvalue weighted by molar-refractivity contribution is 5.81. The molecule has 0 aromatic heterocycles. The molecule has 0 bridgehead atoms. The van der Waals surface area contributed by atoms with E-state index in [9.17, 15) is 8.78 Å². The van der Waals surface area contributed by atoms with Gasteiger partial charge in [0.15, 0.2) is 0 Å². The molecule has 0 spiro atoms. The number of benzene rings is 3. The molecular formula is C21H16F2NO. The topological polar surface area (TPSA) is 21.6 Å². The van der Waals surface area contributed by atoms with Crippen molar-refractivity contribution in [3.05, 3.63) is 95.6 Å². The molecule has 3 aromatic carbocycles. The first-order chi connectivity index (χ1) is 12.3. The molecule has 0 aliphatic heterocycles. The average molecular weight is 336 g/mol. The van der Waals surface area contributed by atoms with Gasteiger partial charge in [0, 0.05) is 11.1 Å². The molecule has 4 heteroatoms. The van der Waals surface area contributed by atoms with E-state index in [0.717, 1.165) is 16.7 Å². The van der Waals surface area contributed by atoms with E-state index in [4.69, 9.17) is 4.84 Å². The summed E-state index contributed by atoms with van der Waals surface area (Å²) in [4.78, 5) is 5.29. The van der Waals surface area contributed by atoms with E-state index >= 15 is 0 Å². The number of rotatable bonds is 6. The van der Waals surface area contributed by atoms with Crippen molar-refractivity contribution in [3.63, 3.8) is 0 Å². The quantitative estimate of drug-likeness (QED) is 0.417. The van der Waals surface area contributed by atoms with Crippen LogP contribution in [0.25, 0.3) is 11.1 Å². The number of hydrogen-bond acceptors (Lipinski definition) is 2. The van der Waals surface area contributed by atoms with Gasteiger partial charge < -0.3 is 4.84 Å². The van der Waals surface area contributed by atoms with Crippen LogP contribution in [-0.4, -0.2) is 6.21 Å². The summed E-state index contributed by atoms with van der Waals surface area (Å²) in [5, 5.41) is 3.73. The van der Waals surface area contributed by atoms with Crippen LogP contribution in [0.3, 0.4) is 0 Å². The van der Waals surface area contributed by atoms with Crippen LogP contribution in [0.2, 0.25) is 0 Å². The summed E-state index contributed by atoms with van der Waals surface area (Å²) in [5.74, 6) is 0. The largest absolute Gasteiger partial charge is 0.390 e. The maximum Gasteiger partial charge on any atom is 0.264 e. The predicted octanol–water partition coefficient (Wildman–Crippen LogP) is 5.72. The van der Waals surface area contributed by atoms with Crippen molar-refractivity contribution in [2.45, 2.75) is 13.0 Å². The smallest absolute Gasteiger partial charge is 0.264 e. The lowest BCUT2D eigenvalue weighted by Crippen LogP contribution is -1.95. The van der Waals surface area contributed by atoms with E-state index in [1.54, 1.807) is 12.1 Å². The maximum absolute atomic E-state index is 12.9. The third kappa shape index (κ3) is 4.29. The normalized spacial score (nSPS) is 11.2. The van der Waals surface area contributed by atoms with Crippen LogP contribution in [0.4, 0.5) is 8.78 Å². The molecule has 0 aliphatic carbocycles. The minimum atomic E-state index is -2.57. The van der Waals surface area contributed by atoms with Gasteiger partial charge in [0.25, 0.3) is 6.43 Å². The van der Waals surface area contributed by atoms with Crippen LogP contribution in [0.1, 0.15) is 23.1 Å². The Morgan fingerprint density at radius 3 is 2.32 bits per heavy atom. The SMILES string of the molecule is FC(F)c1ccccc1/[C]=N/OCc1ccccc1-c1ccccc1. The molecular weight excluding hydrogens is 320 g/mol. The van der Waals surface area contributed by atoms with E-state index in [1.165, 1.54) is 12.1 Å². The molecule has 0 saturated carbocycles. The highest BCUT2D eigenvalue weighted by Gasteiger charge is 2.11. The number of halogens is 2. The van der Waals surface area contributed by atoms with Crippen molar-refractivity contribution >= 4 is 6.21 Å². The third-order valence-corrected chi connectivity index (χ3v) is 3.75. The summed E-state index contributed by atoms with van der Waals surface area (Å²) >= 11 is 0. The predicted molar refractivity (Wildman–Crippen MR) is 94.6 cm³/mol. The van der Waals surface area contributed by atoms with Crippen LogP contribution in [0.15, 0.2) is 84.0 Å². The van der Waals surface area contributed by atoms with Gasteiger partial charge in [-0.25, -0.2) is 8.78 Å². The van der Waals surface area contributed by atoms with Gasteiger partial charge in [0.2, 0.25) is 0 Å². The minimum absolute atomic E-state index is 0.112. The summed E-state index contributed by atoms with van der Waals surface area (Å²) in [5.41, 5.74) is 3.21.